The topological polar surface area (TPSA) is 40.5 Å². The van der Waals surface area contributed by atoms with Gasteiger partial charge >= 0.3 is 0 Å². The molecule has 0 atom stereocenters. The summed E-state index contributed by atoms with van der Waals surface area (Å²) in [6, 6.07) is 11.6. The molecular weight excluding hydrogens is 248 g/mol. The standard InChI is InChI=1S/C18H22O2/c1-11(2)18(14-5-7-16(19)12(3)9-14)15-6-8-17(20)13(4)10-15/h5-11,18-20H,1-4H3. The van der Waals surface area contributed by atoms with Crippen molar-refractivity contribution < 1.29 is 10.2 Å². The van der Waals surface area contributed by atoms with E-state index < -0.39 is 0 Å². The van der Waals surface area contributed by atoms with Crippen molar-refractivity contribution in [1.29, 1.82) is 0 Å². The molecule has 0 aliphatic carbocycles. The van der Waals surface area contributed by atoms with Gasteiger partial charge in [0.1, 0.15) is 11.5 Å². The highest BCUT2D eigenvalue weighted by Gasteiger charge is 2.19. The zero-order chi connectivity index (χ0) is 14.9. The molecule has 0 aromatic heterocycles. The molecule has 0 amide bonds. The van der Waals surface area contributed by atoms with Crippen molar-refractivity contribution in [2.24, 2.45) is 5.92 Å². The van der Waals surface area contributed by atoms with Crippen LogP contribution in [0.3, 0.4) is 0 Å². The molecule has 0 aliphatic heterocycles. The van der Waals surface area contributed by atoms with Crippen LogP contribution in [0.25, 0.3) is 0 Å². The predicted octanol–water partition coefficient (Wildman–Crippen LogP) is 4.50. The van der Waals surface area contributed by atoms with Gasteiger partial charge in [0.25, 0.3) is 0 Å². The molecule has 106 valence electrons. The predicted molar refractivity (Wildman–Crippen MR) is 82.4 cm³/mol. The van der Waals surface area contributed by atoms with Crippen LogP contribution >= 0.6 is 0 Å². The van der Waals surface area contributed by atoms with Crippen molar-refractivity contribution >= 4 is 0 Å². The molecule has 0 radical (unpaired) electrons. The monoisotopic (exact) mass is 270 g/mol. The van der Waals surface area contributed by atoms with Gasteiger partial charge in [-0.1, -0.05) is 38.1 Å². The minimum atomic E-state index is 0.258. The summed E-state index contributed by atoms with van der Waals surface area (Å²) in [5, 5.41) is 19.4. The second kappa shape index (κ2) is 5.58. The highest BCUT2D eigenvalue weighted by atomic mass is 16.3. The van der Waals surface area contributed by atoms with Crippen molar-refractivity contribution in [2.75, 3.05) is 0 Å². The van der Waals surface area contributed by atoms with Gasteiger partial charge in [-0.25, -0.2) is 0 Å². The van der Waals surface area contributed by atoms with E-state index in [2.05, 4.69) is 13.8 Å². The summed E-state index contributed by atoms with van der Waals surface area (Å²) in [4.78, 5) is 0. The van der Waals surface area contributed by atoms with E-state index >= 15 is 0 Å². The first-order chi connectivity index (χ1) is 9.40. The zero-order valence-corrected chi connectivity index (χ0v) is 12.5. The van der Waals surface area contributed by atoms with E-state index in [1.807, 2.05) is 38.1 Å². The fraction of sp³-hybridized carbons (Fsp3) is 0.333. The lowest BCUT2D eigenvalue weighted by molar-refractivity contribution is 0.469. The van der Waals surface area contributed by atoms with Crippen LogP contribution in [0.5, 0.6) is 11.5 Å². The van der Waals surface area contributed by atoms with Gasteiger partial charge in [-0.2, -0.15) is 0 Å². The third-order valence-electron chi connectivity index (χ3n) is 3.83. The quantitative estimate of drug-likeness (QED) is 0.862. The molecule has 2 aromatic carbocycles. The Hall–Kier alpha value is -1.96. The molecule has 20 heavy (non-hydrogen) atoms. The van der Waals surface area contributed by atoms with E-state index in [0.29, 0.717) is 17.4 Å². The first kappa shape index (κ1) is 14.4. The normalized spacial score (nSPS) is 11.3. The Bertz CT molecular complexity index is 563. The Morgan fingerprint density at radius 3 is 1.45 bits per heavy atom. The number of aromatic hydroxyl groups is 2. The summed E-state index contributed by atoms with van der Waals surface area (Å²) in [7, 11) is 0. The maximum absolute atomic E-state index is 9.68. The Kier molecular flexibility index (Phi) is 4.03. The van der Waals surface area contributed by atoms with Gasteiger partial charge in [0.15, 0.2) is 0 Å². The second-order valence-electron chi connectivity index (χ2n) is 5.81. The first-order valence-electron chi connectivity index (χ1n) is 6.99. The fourth-order valence-electron chi connectivity index (χ4n) is 2.71. The van der Waals surface area contributed by atoms with Crippen LogP contribution in [0.1, 0.15) is 42.0 Å². The summed E-state index contributed by atoms with van der Waals surface area (Å²) < 4.78 is 0. The molecule has 2 nitrogen and oxygen atoms in total. The molecule has 0 heterocycles. The van der Waals surface area contributed by atoms with Gasteiger partial charge in [-0.05, 0) is 54.2 Å². The largest absolute Gasteiger partial charge is 0.508 e. The number of hydrogen-bond acceptors (Lipinski definition) is 2. The maximum Gasteiger partial charge on any atom is 0.118 e. The van der Waals surface area contributed by atoms with Crippen LogP contribution in [0.15, 0.2) is 36.4 Å². The van der Waals surface area contributed by atoms with E-state index in [1.54, 1.807) is 12.1 Å². The lowest BCUT2D eigenvalue weighted by Gasteiger charge is -2.23. The summed E-state index contributed by atoms with van der Waals surface area (Å²) in [5.41, 5.74) is 4.17. The van der Waals surface area contributed by atoms with Gasteiger partial charge in [0.05, 0.1) is 0 Å². The molecule has 2 aromatic rings. The minimum absolute atomic E-state index is 0.258. The Morgan fingerprint density at radius 1 is 0.750 bits per heavy atom. The average molecular weight is 270 g/mol. The van der Waals surface area contributed by atoms with Crippen LogP contribution in [0.2, 0.25) is 0 Å². The van der Waals surface area contributed by atoms with Gasteiger partial charge in [-0.15, -0.1) is 0 Å². The second-order valence-corrected chi connectivity index (χ2v) is 5.81. The van der Waals surface area contributed by atoms with Crippen LogP contribution in [-0.2, 0) is 0 Å². The Labute approximate surface area is 120 Å². The highest BCUT2D eigenvalue weighted by Crippen LogP contribution is 2.35. The van der Waals surface area contributed by atoms with E-state index in [4.69, 9.17) is 0 Å². The van der Waals surface area contributed by atoms with Gasteiger partial charge < -0.3 is 10.2 Å². The third-order valence-corrected chi connectivity index (χ3v) is 3.83. The number of rotatable bonds is 3. The minimum Gasteiger partial charge on any atom is -0.508 e. The first-order valence-corrected chi connectivity index (χ1v) is 6.99. The van der Waals surface area contributed by atoms with E-state index in [-0.39, 0.29) is 5.92 Å². The molecule has 0 unspecified atom stereocenters. The van der Waals surface area contributed by atoms with E-state index in [1.165, 1.54) is 11.1 Å². The van der Waals surface area contributed by atoms with E-state index in [0.717, 1.165) is 11.1 Å². The average Bonchev–Trinajstić information content (AvgIpc) is 2.38. The lowest BCUT2D eigenvalue weighted by atomic mass is 9.81. The van der Waals surface area contributed by atoms with Crippen LogP contribution in [0, 0.1) is 19.8 Å². The van der Waals surface area contributed by atoms with E-state index in [9.17, 15) is 10.2 Å². The molecule has 2 rings (SSSR count). The molecule has 0 fully saturated rings. The van der Waals surface area contributed by atoms with Gasteiger partial charge in [0.2, 0.25) is 0 Å². The summed E-state index contributed by atoms with van der Waals surface area (Å²) in [6.07, 6.45) is 0. The molecule has 2 N–H and O–H groups in total. The van der Waals surface area contributed by atoms with Crippen molar-refractivity contribution in [2.45, 2.75) is 33.6 Å². The molecule has 2 heteroatoms. The smallest absolute Gasteiger partial charge is 0.118 e. The number of benzene rings is 2. The fourth-order valence-corrected chi connectivity index (χ4v) is 2.71. The highest BCUT2D eigenvalue weighted by molar-refractivity contribution is 5.43. The molecule has 0 aliphatic rings. The lowest BCUT2D eigenvalue weighted by Crippen LogP contribution is -2.09. The van der Waals surface area contributed by atoms with Gasteiger partial charge in [0, 0.05) is 5.92 Å². The van der Waals surface area contributed by atoms with Crippen LogP contribution in [0.4, 0.5) is 0 Å². The molecule has 0 saturated carbocycles. The summed E-state index contributed by atoms with van der Waals surface area (Å²) in [6.45, 7) is 8.21. The molecular formula is C18H22O2. The summed E-state index contributed by atoms with van der Waals surface area (Å²) >= 11 is 0. The van der Waals surface area contributed by atoms with Crippen LogP contribution in [-0.4, -0.2) is 10.2 Å². The molecule has 0 saturated heterocycles. The maximum atomic E-state index is 9.68. The van der Waals surface area contributed by atoms with Crippen molar-refractivity contribution in [3.63, 3.8) is 0 Å². The Balaban J connectivity index is 2.50. The zero-order valence-electron chi connectivity index (χ0n) is 12.5. The molecule has 0 spiro atoms. The Morgan fingerprint density at radius 2 is 1.15 bits per heavy atom. The van der Waals surface area contributed by atoms with Gasteiger partial charge in [-0.3, -0.25) is 0 Å². The SMILES string of the molecule is Cc1cc(C(c2ccc(O)c(C)c2)C(C)C)ccc1O. The number of phenolic OH excluding ortho intramolecular Hbond substituents is 2. The number of hydrogen-bond donors (Lipinski definition) is 2. The number of aryl methyl sites for hydroxylation is 2. The van der Waals surface area contributed by atoms with Crippen molar-refractivity contribution in [1.82, 2.24) is 0 Å². The van der Waals surface area contributed by atoms with Crippen LogP contribution < -0.4 is 0 Å². The summed E-state index contributed by atoms with van der Waals surface area (Å²) in [5.74, 6) is 1.35. The van der Waals surface area contributed by atoms with Crippen molar-refractivity contribution in [3.05, 3.63) is 58.7 Å². The third kappa shape index (κ3) is 2.79. The molecule has 0 bridgehead atoms. The number of phenols is 2. The van der Waals surface area contributed by atoms with Crippen molar-refractivity contribution in [3.8, 4) is 11.5 Å².